The predicted molar refractivity (Wildman–Crippen MR) is 190 cm³/mol. The summed E-state index contributed by atoms with van der Waals surface area (Å²) in [4.78, 5) is 16.8. The highest BCUT2D eigenvalue weighted by Crippen LogP contribution is 2.41. The summed E-state index contributed by atoms with van der Waals surface area (Å²) in [6.07, 6.45) is 10.6. The predicted octanol–water partition coefficient (Wildman–Crippen LogP) is 9.99. The zero-order chi connectivity index (χ0) is 33.3. The van der Waals surface area contributed by atoms with Gasteiger partial charge in [0.1, 0.15) is 0 Å². The molecule has 248 valence electrons. The van der Waals surface area contributed by atoms with Crippen molar-refractivity contribution in [1.82, 2.24) is 4.98 Å². The fraction of sp³-hybridized carbons (Fsp3) is 0.667. The second-order valence-electron chi connectivity index (χ2n) is 15.2. The van der Waals surface area contributed by atoms with Gasteiger partial charge in [-0.3, -0.25) is 9.78 Å². The maximum absolute atomic E-state index is 12.0. The summed E-state index contributed by atoms with van der Waals surface area (Å²) in [6, 6.07) is 8.20. The van der Waals surface area contributed by atoms with E-state index in [9.17, 15) is 9.90 Å². The van der Waals surface area contributed by atoms with Crippen molar-refractivity contribution in [3.63, 3.8) is 0 Å². The molecule has 0 amide bonds. The zero-order valence-electron chi connectivity index (χ0n) is 29.8. The van der Waals surface area contributed by atoms with Crippen LogP contribution in [0.25, 0.3) is 16.8 Å². The number of unbranched alkanes of at least 4 members (excludes halogenated alkanes) is 2. The first-order valence-corrected chi connectivity index (χ1v) is 22.3. The molecule has 1 heterocycles. The Hall–Kier alpha value is -1.85. The van der Waals surface area contributed by atoms with Gasteiger partial charge in [0.25, 0.3) is 0 Å². The van der Waals surface area contributed by atoms with Gasteiger partial charge in [0, 0.05) is 23.6 Å². The Morgan fingerprint density at radius 1 is 0.909 bits per heavy atom. The van der Waals surface area contributed by atoms with E-state index in [2.05, 4.69) is 98.9 Å². The topological polar surface area (TPSA) is 77.9 Å². The molecule has 0 saturated carbocycles. The Labute approximate surface area is 270 Å². The van der Waals surface area contributed by atoms with Gasteiger partial charge in [-0.25, -0.2) is 0 Å². The van der Waals surface area contributed by atoms with Gasteiger partial charge in [0.05, 0.1) is 31.1 Å². The number of rotatable bonds is 16. The number of esters is 1. The van der Waals surface area contributed by atoms with Crippen LogP contribution in [0.15, 0.2) is 36.5 Å². The highest BCUT2D eigenvalue weighted by molar-refractivity contribution is 6.74. The molecule has 1 aromatic carbocycles. The quantitative estimate of drug-likeness (QED) is 0.111. The number of aliphatic hydroxyl groups excluding tert-OH is 1. The molecule has 1 unspecified atom stereocenters. The Morgan fingerprint density at radius 3 is 2.07 bits per heavy atom. The molecule has 1 aromatic heterocycles. The van der Waals surface area contributed by atoms with Crippen molar-refractivity contribution in [2.75, 3.05) is 7.11 Å². The fourth-order valence-corrected chi connectivity index (χ4v) is 7.34. The third kappa shape index (κ3) is 10.6. The van der Waals surface area contributed by atoms with Crippen LogP contribution in [0.1, 0.15) is 111 Å². The van der Waals surface area contributed by atoms with Gasteiger partial charge in [-0.1, -0.05) is 104 Å². The number of aliphatic hydroxyl groups is 1. The average Bonchev–Trinajstić information content (AvgIpc) is 2.93. The molecule has 0 aliphatic carbocycles. The highest BCUT2D eigenvalue weighted by Gasteiger charge is 2.44. The lowest BCUT2D eigenvalue weighted by molar-refractivity contribution is -0.140. The SMILES string of the molecule is CCCCC[C@H](O)c1ncc(/C=C/[C@@H](O[Si](C)(C)C(C)(C)C)C(CCCC(=O)OC)O[Si](C)(C)C(C)(C)C)c2ccccc12. The van der Waals surface area contributed by atoms with Crippen LogP contribution in [0.5, 0.6) is 0 Å². The molecule has 0 aliphatic heterocycles. The van der Waals surface area contributed by atoms with E-state index in [-0.39, 0.29) is 28.3 Å². The standard InChI is InChI=1S/C36H61NO5Si2/c1-13-14-15-21-30(38)34-29-20-17-16-19-28(29)27(26-37-34)24-25-32(42-44(11,12)36(5,6)7)31(22-18-23-33(39)40-8)41-43(9,10)35(2,3)4/h16-17,19-20,24-26,30-32,38H,13-15,18,21-23H2,1-12H3/b25-24+/t30-,31?,32+/m0/s1. The molecular formula is C36H61NO5Si2. The van der Waals surface area contributed by atoms with Crippen LogP contribution >= 0.6 is 0 Å². The number of nitrogens with zero attached hydrogens (tertiary/aromatic N) is 1. The van der Waals surface area contributed by atoms with Crippen molar-refractivity contribution in [3.8, 4) is 0 Å². The van der Waals surface area contributed by atoms with Gasteiger partial charge >= 0.3 is 5.97 Å². The lowest BCUT2D eigenvalue weighted by Crippen LogP contribution is -2.51. The molecule has 0 radical (unpaired) electrons. The van der Waals surface area contributed by atoms with Gasteiger partial charge in [-0.05, 0) is 60.9 Å². The number of fused-ring (bicyclic) bond motifs is 1. The van der Waals surface area contributed by atoms with Crippen LogP contribution in [-0.2, 0) is 18.4 Å². The minimum absolute atomic E-state index is 0.0104. The van der Waals surface area contributed by atoms with Gasteiger partial charge in [-0.2, -0.15) is 0 Å². The Bertz CT molecular complexity index is 1230. The van der Waals surface area contributed by atoms with Crippen LogP contribution in [-0.4, -0.2) is 52.0 Å². The minimum atomic E-state index is -2.21. The molecule has 3 atom stereocenters. The van der Waals surface area contributed by atoms with Gasteiger partial charge in [-0.15, -0.1) is 0 Å². The monoisotopic (exact) mass is 643 g/mol. The van der Waals surface area contributed by atoms with Crippen molar-refractivity contribution < 1.29 is 23.5 Å². The Balaban J connectivity index is 2.59. The summed E-state index contributed by atoms with van der Waals surface area (Å²) in [7, 11) is -2.95. The Kier molecular flexibility index (Phi) is 14.0. The number of methoxy groups -OCH3 is 1. The molecule has 0 aliphatic rings. The van der Waals surface area contributed by atoms with Crippen LogP contribution < -0.4 is 0 Å². The van der Waals surface area contributed by atoms with Gasteiger partial charge in [0.2, 0.25) is 0 Å². The molecular weight excluding hydrogens is 583 g/mol. The summed E-state index contributed by atoms with van der Waals surface area (Å²) in [5.74, 6) is -0.206. The van der Waals surface area contributed by atoms with Crippen LogP contribution in [0, 0.1) is 0 Å². The maximum Gasteiger partial charge on any atom is 0.305 e. The summed E-state index contributed by atoms with van der Waals surface area (Å²) >= 11 is 0. The molecule has 0 bridgehead atoms. The molecule has 0 saturated heterocycles. The largest absolute Gasteiger partial charge is 0.469 e. The van der Waals surface area contributed by atoms with E-state index in [1.807, 2.05) is 18.3 Å². The number of pyridine rings is 1. The van der Waals surface area contributed by atoms with Gasteiger partial charge in [0.15, 0.2) is 16.6 Å². The lowest BCUT2D eigenvalue weighted by Gasteiger charge is -2.44. The van der Waals surface area contributed by atoms with Gasteiger partial charge < -0.3 is 18.7 Å². The van der Waals surface area contributed by atoms with E-state index >= 15 is 0 Å². The minimum Gasteiger partial charge on any atom is -0.469 e. The molecule has 6 nitrogen and oxygen atoms in total. The van der Waals surface area contributed by atoms with E-state index < -0.39 is 22.7 Å². The third-order valence-electron chi connectivity index (χ3n) is 9.67. The van der Waals surface area contributed by atoms with Crippen molar-refractivity contribution in [2.24, 2.45) is 0 Å². The van der Waals surface area contributed by atoms with E-state index in [1.54, 1.807) is 0 Å². The molecule has 1 N–H and O–H groups in total. The molecule has 2 rings (SSSR count). The smallest absolute Gasteiger partial charge is 0.305 e. The highest BCUT2D eigenvalue weighted by atomic mass is 28.4. The van der Waals surface area contributed by atoms with Crippen molar-refractivity contribution in [3.05, 3.63) is 47.8 Å². The molecule has 0 spiro atoms. The normalized spacial score (nSPS) is 15.5. The van der Waals surface area contributed by atoms with E-state index in [4.69, 9.17) is 18.6 Å². The fourth-order valence-electron chi connectivity index (χ4n) is 4.71. The first-order valence-electron chi connectivity index (χ1n) is 16.5. The van der Waals surface area contributed by atoms with Crippen molar-refractivity contribution >= 4 is 39.5 Å². The summed E-state index contributed by atoms with van der Waals surface area (Å²) in [6.45, 7) is 24.8. The number of aromatic nitrogens is 1. The number of hydrogen-bond acceptors (Lipinski definition) is 6. The molecule has 2 aromatic rings. The third-order valence-corrected chi connectivity index (χ3v) is 18.6. The van der Waals surface area contributed by atoms with Crippen LogP contribution in [0.3, 0.4) is 0 Å². The number of carbonyl (C=O) groups excluding carboxylic acids is 1. The van der Waals surface area contributed by atoms with E-state index in [0.29, 0.717) is 25.7 Å². The Morgan fingerprint density at radius 2 is 1.50 bits per heavy atom. The summed E-state index contributed by atoms with van der Waals surface area (Å²) in [5, 5.41) is 13.1. The van der Waals surface area contributed by atoms with Crippen molar-refractivity contribution in [2.45, 2.75) is 148 Å². The van der Waals surface area contributed by atoms with Crippen molar-refractivity contribution in [1.29, 1.82) is 0 Å². The van der Waals surface area contributed by atoms with Crippen LogP contribution in [0.4, 0.5) is 0 Å². The number of benzene rings is 1. The second-order valence-corrected chi connectivity index (χ2v) is 24.8. The molecule has 44 heavy (non-hydrogen) atoms. The molecule has 0 fully saturated rings. The average molecular weight is 644 g/mol. The number of hydrogen-bond donors (Lipinski definition) is 1. The van der Waals surface area contributed by atoms with Crippen LogP contribution in [0.2, 0.25) is 36.3 Å². The number of ether oxygens (including phenoxy) is 1. The first kappa shape index (κ1) is 38.3. The zero-order valence-corrected chi connectivity index (χ0v) is 31.8. The lowest BCUT2D eigenvalue weighted by atomic mass is 9.99. The van der Waals surface area contributed by atoms with E-state index in [0.717, 1.165) is 41.3 Å². The molecule has 8 heteroatoms. The first-order chi connectivity index (χ1) is 20.3. The maximum atomic E-state index is 12.0. The second kappa shape index (κ2) is 16.1. The summed E-state index contributed by atoms with van der Waals surface area (Å²) < 4.78 is 19.2. The summed E-state index contributed by atoms with van der Waals surface area (Å²) in [5.41, 5.74) is 1.72. The van der Waals surface area contributed by atoms with E-state index in [1.165, 1.54) is 7.11 Å². The number of carbonyl (C=O) groups is 1.